The molecule has 4 N–H and O–H groups in total. The van der Waals surface area contributed by atoms with Gasteiger partial charge in [-0.05, 0) is 19.1 Å². The second-order valence-electron chi connectivity index (χ2n) is 5.74. The summed E-state index contributed by atoms with van der Waals surface area (Å²) in [6.07, 6.45) is -7.32. The number of anilines is 1. The highest BCUT2D eigenvalue weighted by atomic mass is 16.6. The molecule has 2 heterocycles. The Morgan fingerprint density at radius 3 is 2.48 bits per heavy atom. The van der Waals surface area contributed by atoms with Crippen LogP contribution < -0.4 is 4.90 Å². The molecule has 0 spiro atoms. The van der Waals surface area contributed by atoms with Crippen LogP contribution in [-0.2, 0) is 9.53 Å². The van der Waals surface area contributed by atoms with Crippen molar-refractivity contribution < 1.29 is 34.8 Å². The van der Waals surface area contributed by atoms with Gasteiger partial charge in [0.25, 0.3) is 5.78 Å². The van der Waals surface area contributed by atoms with Gasteiger partial charge in [0, 0.05) is 0 Å². The number of nitrogens with zero attached hydrogens (tertiary/aromatic N) is 1. The summed E-state index contributed by atoms with van der Waals surface area (Å²) in [4.78, 5) is 25.4. The molecule has 1 fully saturated rings. The Hall–Kier alpha value is -1.84. The molecule has 8 nitrogen and oxygen atoms in total. The van der Waals surface area contributed by atoms with Crippen LogP contribution in [0, 0.1) is 6.92 Å². The molecule has 0 aromatic heterocycles. The Morgan fingerprint density at radius 1 is 1.13 bits per heavy atom. The lowest BCUT2D eigenvalue weighted by Gasteiger charge is -2.43. The van der Waals surface area contributed by atoms with Crippen LogP contribution in [0.15, 0.2) is 18.2 Å². The molecule has 8 heteroatoms. The van der Waals surface area contributed by atoms with Gasteiger partial charge in [0.1, 0.15) is 24.4 Å². The van der Waals surface area contributed by atoms with Gasteiger partial charge in [-0.1, -0.05) is 11.6 Å². The maximum atomic E-state index is 12.3. The molecular formula is C15H17NO7. The molecule has 1 aromatic rings. The van der Waals surface area contributed by atoms with Crippen molar-refractivity contribution >= 4 is 17.4 Å². The smallest absolute Gasteiger partial charge is 0.301 e. The predicted octanol–water partition coefficient (Wildman–Crippen LogP) is -1.68. The zero-order chi connectivity index (χ0) is 16.9. The maximum Gasteiger partial charge on any atom is 0.301 e. The van der Waals surface area contributed by atoms with Crippen LogP contribution in [0.3, 0.4) is 0 Å². The van der Waals surface area contributed by atoms with Gasteiger partial charge in [0.15, 0.2) is 6.23 Å². The fourth-order valence-electron chi connectivity index (χ4n) is 2.92. The topological polar surface area (TPSA) is 128 Å². The van der Waals surface area contributed by atoms with Crippen molar-refractivity contribution in [1.29, 1.82) is 0 Å². The highest BCUT2D eigenvalue weighted by Crippen LogP contribution is 2.35. The van der Waals surface area contributed by atoms with E-state index in [-0.39, 0.29) is 11.3 Å². The van der Waals surface area contributed by atoms with E-state index in [1.165, 1.54) is 0 Å². The van der Waals surface area contributed by atoms with E-state index in [0.29, 0.717) is 0 Å². The van der Waals surface area contributed by atoms with E-state index >= 15 is 0 Å². The van der Waals surface area contributed by atoms with E-state index < -0.39 is 48.9 Å². The first kappa shape index (κ1) is 16.0. The van der Waals surface area contributed by atoms with Gasteiger partial charge in [-0.15, -0.1) is 0 Å². The Morgan fingerprint density at radius 2 is 1.83 bits per heavy atom. The summed E-state index contributed by atoms with van der Waals surface area (Å²) in [6, 6.07) is 4.80. The zero-order valence-electron chi connectivity index (χ0n) is 12.3. The number of benzene rings is 1. The average Bonchev–Trinajstić information content (AvgIpc) is 2.77. The number of aliphatic hydroxyl groups is 4. The molecule has 1 aromatic carbocycles. The summed E-state index contributed by atoms with van der Waals surface area (Å²) in [5.41, 5.74) is 1.24. The summed E-state index contributed by atoms with van der Waals surface area (Å²) in [5.74, 6) is -1.63. The molecule has 0 saturated carbocycles. The number of hydrogen-bond acceptors (Lipinski definition) is 7. The SMILES string of the molecule is Cc1ccc2c(c1)C(=O)C(=O)N2[C@@H]1O[C@H](CO)[C@@H](O)[C@H](O)[C@H]1O. The standard InChI is InChI=1S/C15H17NO7/c1-6-2-3-8-7(4-6)10(18)14(22)16(8)15-13(21)12(20)11(19)9(5-17)23-15/h2-4,9,11-13,15,17,19-21H,5H2,1H3/t9-,11-,12+,13-,15-/m1/s1. The third kappa shape index (κ3) is 2.35. The summed E-state index contributed by atoms with van der Waals surface area (Å²) in [7, 11) is 0. The number of aliphatic hydroxyl groups excluding tert-OH is 4. The van der Waals surface area contributed by atoms with E-state index in [4.69, 9.17) is 4.74 Å². The lowest BCUT2D eigenvalue weighted by Crippen LogP contribution is -2.64. The molecule has 0 radical (unpaired) electrons. The van der Waals surface area contributed by atoms with E-state index in [1.54, 1.807) is 25.1 Å². The molecule has 2 aliphatic rings. The van der Waals surface area contributed by atoms with Gasteiger partial charge in [-0.2, -0.15) is 0 Å². The second kappa shape index (κ2) is 5.66. The fraction of sp³-hybridized carbons (Fsp3) is 0.467. The van der Waals surface area contributed by atoms with Gasteiger partial charge >= 0.3 is 5.91 Å². The number of Topliss-reactive ketones (excluding diaryl/α,β-unsaturated/α-hetero) is 1. The largest absolute Gasteiger partial charge is 0.394 e. The lowest BCUT2D eigenvalue weighted by atomic mass is 9.97. The highest BCUT2D eigenvalue weighted by molar-refractivity contribution is 6.52. The number of amides is 1. The highest BCUT2D eigenvalue weighted by Gasteiger charge is 2.50. The van der Waals surface area contributed by atoms with Gasteiger partial charge in [-0.25, -0.2) is 0 Å². The van der Waals surface area contributed by atoms with E-state index in [1.807, 2.05) is 0 Å². The van der Waals surface area contributed by atoms with Crippen molar-refractivity contribution in [3.05, 3.63) is 29.3 Å². The molecular weight excluding hydrogens is 306 g/mol. The first-order chi connectivity index (χ1) is 10.9. The Labute approximate surface area is 131 Å². The number of ketones is 1. The van der Waals surface area contributed by atoms with Crippen LogP contribution in [0.2, 0.25) is 0 Å². The molecule has 1 amide bonds. The number of carbonyl (C=O) groups excluding carboxylic acids is 2. The van der Waals surface area contributed by atoms with Crippen molar-refractivity contribution in [2.24, 2.45) is 0 Å². The molecule has 124 valence electrons. The van der Waals surface area contributed by atoms with Crippen LogP contribution >= 0.6 is 0 Å². The fourth-order valence-corrected chi connectivity index (χ4v) is 2.92. The minimum atomic E-state index is -1.63. The quantitative estimate of drug-likeness (QED) is 0.479. The van der Waals surface area contributed by atoms with Crippen molar-refractivity contribution in [3.8, 4) is 0 Å². The number of aryl methyl sites for hydroxylation is 1. The summed E-state index contributed by atoms with van der Waals surface area (Å²) >= 11 is 0. The van der Waals surface area contributed by atoms with Crippen LogP contribution in [0.4, 0.5) is 5.69 Å². The minimum Gasteiger partial charge on any atom is -0.394 e. The van der Waals surface area contributed by atoms with Crippen LogP contribution in [0.5, 0.6) is 0 Å². The molecule has 5 atom stereocenters. The molecule has 1 saturated heterocycles. The average molecular weight is 323 g/mol. The molecule has 0 unspecified atom stereocenters. The number of rotatable bonds is 2. The predicted molar refractivity (Wildman–Crippen MR) is 76.8 cm³/mol. The van der Waals surface area contributed by atoms with Crippen LogP contribution in [0.25, 0.3) is 0 Å². The van der Waals surface area contributed by atoms with Crippen molar-refractivity contribution in [2.45, 2.75) is 37.6 Å². The normalized spacial score (nSPS) is 34.0. The summed E-state index contributed by atoms with van der Waals surface area (Å²) < 4.78 is 5.36. The monoisotopic (exact) mass is 323 g/mol. The van der Waals surface area contributed by atoms with Gasteiger partial charge < -0.3 is 25.2 Å². The number of carbonyl (C=O) groups is 2. The van der Waals surface area contributed by atoms with Crippen LogP contribution in [0.1, 0.15) is 15.9 Å². The third-order valence-electron chi connectivity index (χ3n) is 4.19. The summed E-state index contributed by atoms with van der Waals surface area (Å²) in [5, 5.41) is 39.0. The second-order valence-corrected chi connectivity index (χ2v) is 5.74. The van der Waals surface area contributed by atoms with Crippen molar-refractivity contribution in [2.75, 3.05) is 11.5 Å². The zero-order valence-corrected chi connectivity index (χ0v) is 12.3. The van der Waals surface area contributed by atoms with E-state index in [2.05, 4.69) is 0 Å². The molecule has 2 aliphatic heterocycles. The summed E-state index contributed by atoms with van der Waals surface area (Å²) in [6.45, 7) is 1.16. The Kier molecular flexibility index (Phi) is 3.95. The third-order valence-corrected chi connectivity index (χ3v) is 4.19. The Bertz CT molecular complexity index is 659. The number of fused-ring (bicyclic) bond motifs is 1. The molecule has 0 bridgehead atoms. The van der Waals surface area contributed by atoms with E-state index in [9.17, 15) is 30.0 Å². The molecule has 23 heavy (non-hydrogen) atoms. The number of ether oxygens (including phenoxy) is 1. The van der Waals surface area contributed by atoms with Crippen molar-refractivity contribution in [1.82, 2.24) is 0 Å². The van der Waals surface area contributed by atoms with E-state index in [0.717, 1.165) is 10.5 Å². The minimum absolute atomic E-state index is 0.187. The van der Waals surface area contributed by atoms with Gasteiger partial charge in [0.05, 0.1) is 17.9 Å². The Balaban J connectivity index is 2.01. The van der Waals surface area contributed by atoms with Crippen molar-refractivity contribution in [3.63, 3.8) is 0 Å². The number of hydrogen-bond donors (Lipinski definition) is 4. The molecule has 3 rings (SSSR count). The van der Waals surface area contributed by atoms with Gasteiger partial charge in [-0.3, -0.25) is 14.5 Å². The maximum absolute atomic E-state index is 12.3. The molecule has 0 aliphatic carbocycles. The first-order valence-corrected chi connectivity index (χ1v) is 7.16. The van der Waals surface area contributed by atoms with Gasteiger partial charge in [0.2, 0.25) is 0 Å². The lowest BCUT2D eigenvalue weighted by molar-refractivity contribution is -0.228. The van der Waals surface area contributed by atoms with Crippen LogP contribution in [-0.4, -0.2) is 69.4 Å². The first-order valence-electron chi connectivity index (χ1n) is 7.16.